The number of nitro groups is 1. The summed E-state index contributed by atoms with van der Waals surface area (Å²) < 4.78 is 29.0. The van der Waals surface area contributed by atoms with Gasteiger partial charge in [-0.05, 0) is 37.3 Å². The normalized spacial score (nSPS) is 11.4. The molecule has 0 aliphatic rings. The number of hydrogen-bond donors (Lipinski definition) is 1. The van der Waals surface area contributed by atoms with Gasteiger partial charge in [0.15, 0.2) is 23.3 Å². The van der Waals surface area contributed by atoms with E-state index < -0.39 is 34.4 Å². The van der Waals surface area contributed by atoms with Gasteiger partial charge in [0.25, 0.3) is 5.91 Å². The lowest BCUT2D eigenvalue weighted by Crippen LogP contribution is -2.30. The number of nitrogens with zero attached hydrogens (tertiary/aromatic N) is 2. The van der Waals surface area contributed by atoms with E-state index in [1.54, 1.807) is 18.2 Å². The minimum absolute atomic E-state index is 0.00172. The van der Waals surface area contributed by atoms with Gasteiger partial charge in [-0.15, -0.1) is 11.3 Å². The van der Waals surface area contributed by atoms with Crippen LogP contribution in [0.3, 0.4) is 0 Å². The highest BCUT2D eigenvalue weighted by Crippen LogP contribution is 2.33. The first kappa shape index (κ1) is 23.6. The molecule has 0 aliphatic carbocycles. The molecule has 12 heteroatoms. The molecule has 0 spiro atoms. The van der Waals surface area contributed by atoms with Gasteiger partial charge < -0.3 is 19.5 Å². The fourth-order valence-electron chi connectivity index (χ4n) is 2.72. The first-order chi connectivity index (χ1) is 15.7. The second-order valence-corrected chi connectivity index (χ2v) is 7.43. The first-order valence-corrected chi connectivity index (χ1v) is 10.2. The Labute approximate surface area is 191 Å². The van der Waals surface area contributed by atoms with E-state index in [1.807, 2.05) is 0 Å². The molecular formula is C21H18FN3O7S. The van der Waals surface area contributed by atoms with Crippen molar-refractivity contribution in [1.82, 2.24) is 4.98 Å². The molecule has 0 aliphatic heterocycles. The van der Waals surface area contributed by atoms with Crippen LogP contribution < -0.4 is 14.8 Å². The molecule has 3 aromatic rings. The maximum atomic E-state index is 13.4. The number of ether oxygens (including phenoxy) is 3. The Morgan fingerprint density at radius 1 is 1.15 bits per heavy atom. The number of carbonyl (C=O) groups is 2. The molecule has 1 N–H and O–H groups in total. The maximum absolute atomic E-state index is 13.4. The Kier molecular flexibility index (Phi) is 7.18. The van der Waals surface area contributed by atoms with E-state index in [1.165, 1.54) is 37.9 Å². The van der Waals surface area contributed by atoms with Gasteiger partial charge in [0.05, 0.1) is 19.1 Å². The van der Waals surface area contributed by atoms with Crippen LogP contribution in [-0.4, -0.2) is 42.1 Å². The number of esters is 1. The fraction of sp³-hybridized carbons (Fsp3) is 0.190. The molecule has 2 aromatic carbocycles. The van der Waals surface area contributed by atoms with Crippen LogP contribution >= 0.6 is 11.3 Å². The number of methoxy groups -OCH3 is 2. The zero-order chi connectivity index (χ0) is 24.1. The molecule has 0 fully saturated rings. The van der Waals surface area contributed by atoms with Gasteiger partial charge in [0.2, 0.25) is 5.82 Å². The molecule has 172 valence electrons. The fourth-order valence-corrected chi connectivity index (χ4v) is 3.50. The zero-order valence-electron chi connectivity index (χ0n) is 17.7. The summed E-state index contributed by atoms with van der Waals surface area (Å²) in [4.78, 5) is 38.9. The number of nitrogens with one attached hydrogen (secondary N) is 1. The summed E-state index contributed by atoms with van der Waals surface area (Å²) in [5, 5.41) is 15.2. The molecule has 1 heterocycles. The average Bonchev–Trinajstić information content (AvgIpc) is 3.30. The van der Waals surface area contributed by atoms with Crippen LogP contribution in [0.25, 0.3) is 10.6 Å². The Balaban J connectivity index is 1.67. The molecule has 0 bridgehead atoms. The van der Waals surface area contributed by atoms with Gasteiger partial charge in [-0.3, -0.25) is 14.9 Å². The Bertz CT molecular complexity index is 1210. The molecule has 10 nitrogen and oxygen atoms in total. The zero-order valence-corrected chi connectivity index (χ0v) is 18.5. The smallest absolute Gasteiger partial charge is 0.358 e. The number of benzene rings is 2. The molecule has 1 atom stereocenters. The highest BCUT2D eigenvalue weighted by Gasteiger charge is 2.23. The highest BCUT2D eigenvalue weighted by atomic mass is 32.1. The molecule has 3 rings (SSSR count). The predicted molar refractivity (Wildman–Crippen MR) is 117 cm³/mol. The molecule has 1 amide bonds. The predicted octanol–water partition coefficient (Wildman–Crippen LogP) is 4.06. The molecule has 0 radical (unpaired) electrons. The third-order valence-corrected chi connectivity index (χ3v) is 5.30. The van der Waals surface area contributed by atoms with Crippen molar-refractivity contribution in [2.24, 2.45) is 0 Å². The Morgan fingerprint density at radius 2 is 1.88 bits per heavy atom. The maximum Gasteiger partial charge on any atom is 0.358 e. The summed E-state index contributed by atoms with van der Waals surface area (Å²) in [5.41, 5.74) is -0.106. The molecule has 0 saturated carbocycles. The quantitative estimate of drug-likeness (QED) is 0.293. The second-order valence-electron chi connectivity index (χ2n) is 6.57. The number of thiazole rings is 1. The largest absolute Gasteiger partial charge is 0.493 e. The monoisotopic (exact) mass is 475 g/mol. The van der Waals surface area contributed by atoms with Gasteiger partial charge in [-0.2, -0.15) is 4.39 Å². The van der Waals surface area contributed by atoms with E-state index in [2.05, 4.69) is 10.3 Å². The molecule has 33 heavy (non-hydrogen) atoms. The van der Waals surface area contributed by atoms with Gasteiger partial charge in [-0.1, -0.05) is 0 Å². The second kappa shape index (κ2) is 10.0. The van der Waals surface area contributed by atoms with E-state index in [0.717, 1.165) is 18.2 Å². The summed E-state index contributed by atoms with van der Waals surface area (Å²) in [6, 6.07) is 8.06. The van der Waals surface area contributed by atoms with Crippen molar-refractivity contribution in [3.8, 4) is 22.1 Å². The third-order valence-electron chi connectivity index (χ3n) is 4.41. The van der Waals surface area contributed by atoms with E-state index in [9.17, 15) is 24.1 Å². The van der Waals surface area contributed by atoms with E-state index in [0.29, 0.717) is 22.1 Å². The summed E-state index contributed by atoms with van der Waals surface area (Å²) in [7, 11) is 3.02. The van der Waals surface area contributed by atoms with Gasteiger partial charge in [0.1, 0.15) is 5.01 Å². The summed E-state index contributed by atoms with van der Waals surface area (Å²) in [5.74, 6) is -1.57. The minimum atomic E-state index is -1.24. The first-order valence-electron chi connectivity index (χ1n) is 9.37. The standard InChI is InChI=1S/C21H18FN3O7S/c1-11(19(26)23-13-5-6-14(22)16(9-13)25(28)29)32-21(27)15-10-33-20(24-15)12-4-7-17(30-2)18(8-12)31-3/h4-11H,1-3H3,(H,23,26). The summed E-state index contributed by atoms with van der Waals surface area (Å²) in [6.45, 7) is 1.33. The Morgan fingerprint density at radius 3 is 2.55 bits per heavy atom. The van der Waals surface area contributed by atoms with Crippen LogP contribution in [0.1, 0.15) is 17.4 Å². The summed E-state index contributed by atoms with van der Waals surface area (Å²) in [6.07, 6.45) is -1.24. The van der Waals surface area contributed by atoms with Crippen molar-refractivity contribution >= 4 is 34.6 Å². The van der Waals surface area contributed by atoms with E-state index >= 15 is 0 Å². The van der Waals surface area contributed by atoms with Gasteiger partial charge in [0, 0.05) is 22.7 Å². The lowest BCUT2D eigenvalue weighted by molar-refractivity contribution is -0.387. The topological polar surface area (TPSA) is 130 Å². The lowest BCUT2D eigenvalue weighted by Gasteiger charge is -2.12. The van der Waals surface area contributed by atoms with Crippen LogP contribution in [0.5, 0.6) is 11.5 Å². The number of carbonyl (C=O) groups excluding carboxylic acids is 2. The van der Waals surface area contributed by atoms with Crippen molar-refractivity contribution in [2.75, 3.05) is 19.5 Å². The van der Waals surface area contributed by atoms with Crippen molar-refractivity contribution in [3.63, 3.8) is 0 Å². The van der Waals surface area contributed by atoms with Crippen molar-refractivity contribution < 1.29 is 33.1 Å². The molecule has 0 saturated heterocycles. The number of rotatable bonds is 8. The molecule has 1 unspecified atom stereocenters. The minimum Gasteiger partial charge on any atom is -0.493 e. The van der Waals surface area contributed by atoms with Crippen LogP contribution in [-0.2, 0) is 9.53 Å². The van der Waals surface area contributed by atoms with Gasteiger partial charge >= 0.3 is 11.7 Å². The van der Waals surface area contributed by atoms with Crippen LogP contribution in [0.2, 0.25) is 0 Å². The van der Waals surface area contributed by atoms with Crippen LogP contribution in [0, 0.1) is 15.9 Å². The van der Waals surface area contributed by atoms with Crippen molar-refractivity contribution in [2.45, 2.75) is 13.0 Å². The average molecular weight is 475 g/mol. The van der Waals surface area contributed by atoms with E-state index in [4.69, 9.17) is 14.2 Å². The molecule has 1 aromatic heterocycles. The lowest BCUT2D eigenvalue weighted by atomic mass is 10.2. The SMILES string of the molecule is COc1ccc(-c2nc(C(=O)OC(C)C(=O)Nc3ccc(F)c([N+](=O)[O-])c3)cs2)cc1OC. The number of nitro benzene ring substituents is 1. The van der Waals surface area contributed by atoms with Crippen LogP contribution in [0.15, 0.2) is 41.8 Å². The Hall–Kier alpha value is -4.06. The van der Waals surface area contributed by atoms with E-state index in [-0.39, 0.29) is 11.4 Å². The number of halogens is 1. The third kappa shape index (κ3) is 5.41. The summed E-state index contributed by atoms with van der Waals surface area (Å²) >= 11 is 1.20. The van der Waals surface area contributed by atoms with Crippen LogP contribution in [0.4, 0.5) is 15.8 Å². The van der Waals surface area contributed by atoms with Gasteiger partial charge in [-0.25, -0.2) is 9.78 Å². The number of hydrogen-bond acceptors (Lipinski definition) is 9. The number of anilines is 1. The van der Waals surface area contributed by atoms with Crippen molar-refractivity contribution in [3.05, 3.63) is 63.4 Å². The highest BCUT2D eigenvalue weighted by molar-refractivity contribution is 7.13. The molecular weight excluding hydrogens is 457 g/mol. The number of amides is 1. The number of aromatic nitrogens is 1. The van der Waals surface area contributed by atoms with Crippen molar-refractivity contribution in [1.29, 1.82) is 0 Å².